The maximum atomic E-state index is 13.2. The van der Waals surface area contributed by atoms with Crippen LogP contribution < -0.4 is 9.47 Å². The molecule has 1 saturated carbocycles. The van der Waals surface area contributed by atoms with Gasteiger partial charge >= 0.3 is 0 Å². The van der Waals surface area contributed by atoms with Crippen molar-refractivity contribution in [1.82, 2.24) is 0 Å². The molecule has 5 heteroatoms. The highest BCUT2D eigenvalue weighted by atomic mass is 16.5. The number of rotatable bonds is 7. The Bertz CT molecular complexity index is 1300. The van der Waals surface area contributed by atoms with Crippen LogP contribution in [0, 0.1) is 5.41 Å². The van der Waals surface area contributed by atoms with Gasteiger partial charge in [0.25, 0.3) is 0 Å². The van der Waals surface area contributed by atoms with E-state index in [1.807, 2.05) is 48.5 Å². The number of allylic oxidation sites excluding steroid dienone is 2. The highest BCUT2D eigenvalue weighted by Crippen LogP contribution is 2.36. The van der Waals surface area contributed by atoms with Crippen molar-refractivity contribution >= 4 is 22.3 Å². The first-order chi connectivity index (χ1) is 16.8. The van der Waals surface area contributed by atoms with Crippen molar-refractivity contribution in [2.75, 3.05) is 20.8 Å². The normalized spacial score (nSPS) is 18.1. The molecule has 0 atom stereocenters. The number of methoxy groups -OCH3 is 2. The zero-order valence-corrected chi connectivity index (χ0v) is 20.9. The molecule has 3 aromatic rings. The van der Waals surface area contributed by atoms with Crippen molar-refractivity contribution in [3.63, 3.8) is 0 Å². The summed E-state index contributed by atoms with van der Waals surface area (Å²) < 4.78 is 10.7. The largest absolute Gasteiger partial charge is 0.511 e. The zero-order valence-electron chi connectivity index (χ0n) is 20.9. The van der Waals surface area contributed by atoms with Gasteiger partial charge in [0.15, 0.2) is 17.3 Å². The monoisotopic (exact) mass is 471 g/mol. The van der Waals surface area contributed by atoms with Gasteiger partial charge in [-0.25, -0.2) is 0 Å². The summed E-state index contributed by atoms with van der Waals surface area (Å²) in [4.78, 5) is 18.0. The maximum Gasteiger partial charge on any atom is 0.168 e. The van der Waals surface area contributed by atoms with E-state index < -0.39 is 0 Å². The number of Topliss-reactive ketones (excluding diaryl/α,β-unsaturated/α-hetero) is 1. The van der Waals surface area contributed by atoms with E-state index in [0.717, 1.165) is 21.9 Å². The minimum Gasteiger partial charge on any atom is -0.511 e. The van der Waals surface area contributed by atoms with Crippen molar-refractivity contribution < 1.29 is 19.4 Å². The molecule has 0 spiro atoms. The third-order valence-electron chi connectivity index (χ3n) is 6.53. The molecule has 0 aliphatic heterocycles. The molecule has 1 fully saturated rings. The third-order valence-corrected chi connectivity index (χ3v) is 6.53. The molecule has 35 heavy (non-hydrogen) atoms. The Balaban J connectivity index is 1.62. The number of hydrogen-bond acceptors (Lipinski definition) is 5. The molecule has 4 rings (SSSR count). The van der Waals surface area contributed by atoms with Gasteiger partial charge in [-0.3, -0.25) is 9.79 Å². The topological polar surface area (TPSA) is 68.1 Å². The van der Waals surface area contributed by atoms with E-state index in [4.69, 9.17) is 14.5 Å². The average Bonchev–Trinajstić information content (AvgIpc) is 2.83. The molecule has 3 aromatic carbocycles. The number of aliphatic hydroxyl groups is 1. The van der Waals surface area contributed by atoms with Crippen LogP contribution in [0.15, 0.2) is 77.0 Å². The number of ketones is 1. The van der Waals surface area contributed by atoms with Crippen LogP contribution in [-0.4, -0.2) is 37.4 Å². The highest BCUT2D eigenvalue weighted by Gasteiger charge is 2.36. The fourth-order valence-electron chi connectivity index (χ4n) is 4.82. The van der Waals surface area contributed by atoms with E-state index >= 15 is 0 Å². The van der Waals surface area contributed by atoms with Crippen LogP contribution in [0.1, 0.15) is 37.8 Å². The average molecular weight is 472 g/mol. The molecule has 0 aromatic heterocycles. The fourth-order valence-corrected chi connectivity index (χ4v) is 4.82. The van der Waals surface area contributed by atoms with Crippen LogP contribution in [0.3, 0.4) is 0 Å². The van der Waals surface area contributed by atoms with Gasteiger partial charge in [0.05, 0.1) is 19.8 Å². The molecule has 0 unspecified atom stereocenters. The lowest BCUT2D eigenvalue weighted by atomic mass is 9.73. The standard InChI is InChI=1S/C30H33NO4/c1-30(2)18-24(31-15-14-20-12-13-27(34-3)28(16-20)35-4)29(26(33)19-30)25(32)17-22-10-7-9-21-8-5-6-11-23(21)22/h5-13,16,32H,14-15,17-19H2,1-4H3/b29-25+,31-24?. The molecule has 182 valence electrons. The minimum atomic E-state index is -0.192. The maximum absolute atomic E-state index is 13.2. The lowest BCUT2D eigenvalue weighted by Crippen LogP contribution is -2.33. The molecule has 1 N–H and O–H groups in total. The Morgan fingerprint density at radius 2 is 1.71 bits per heavy atom. The third kappa shape index (κ3) is 5.56. The number of carbonyl (C=O) groups excluding carboxylic acids is 1. The molecule has 1 aliphatic carbocycles. The number of fused-ring (bicyclic) bond motifs is 1. The van der Waals surface area contributed by atoms with Gasteiger partial charge in [0.1, 0.15) is 5.76 Å². The number of aliphatic hydroxyl groups excluding tert-OH is 1. The lowest BCUT2D eigenvalue weighted by molar-refractivity contribution is -0.117. The second kappa shape index (κ2) is 10.3. The molecular formula is C30H33NO4. The van der Waals surface area contributed by atoms with Crippen molar-refractivity contribution in [3.05, 3.63) is 83.1 Å². The summed E-state index contributed by atoms with van der Waals surface area (Å²) in [5.41, 5.74) is 2.96. The Morgan fingerprint density at radius 3 is 2.49 bits per heavy atom. The predicted molar refractivity (Wildman–Crippen MR) is 141 cm³/mol. The van der Waals surface area contributed by atoms with Crippen molar-refractivity contribution in [3.8, 4) is 11.5 Å². The first-order valence-corrected chi connectivity index (χ1v) is 12.0. The van der Waals surface area contributed by atoms with Gasteiger partial charge in [-0.15, -0.1) is 0 Å². The lowest BCUT2D eigenvalue weighted by Gasteiger charge is -2.31. The van der Waals surface area contributed by atoms with E-state index in [1.165, 1.54) is 0 Å². The van der Waals surface area contributed by atoms with E-state index in [-0.39, 0.29) is 17.0 Å². The van der Waals surface area contributed by atoms with Crippen molar-refractivity contribution in [2.24, 2.45) is 10.4 Å². The summed E-state index contributed by atoms with van der Waals surface area (Å²) in [7, 11) is 3.23. The second-order valence-corrected chi connectivity index (χ2v) is 9.85. The summed E-state index contributed by atoms with van der Waals surface area (Å²) in [6.45, 7) is 4.67. The quantitative estimate of drug-likeness (QED) is 0.325. The minimum absolute atomic E-state index is 0.0381. The molecular weight excluding hydrogens is 438 g/mol. The first kappa shape index (κ1) is 24.5. The zero-order chi connectivity index (χ0) is 25.0. The number of nitrogens with zero attached hydrogens (tertiary/aromatic N) is 1. The van der Waals surface area contributed by atoms with Gasteiger partial charge in [-0.1, -0.05) is 62.4 Å². The van der Waals surface area contributed by atoms with Gasteiger partial charge in [0, 0.05) is 25.1 Å². The first-order valence-electron chi connectivity index (χ1n) is 12.0. The predicted octanol–water partition coefficient (Wildman–Crippen LogP) is 6.28. The molecule has 0 bridgehead atoms. The van der Waals surface area contributed by atoms with Gasteiger partial charge < -0.3 is 14.6 Å². The fraction of sp³-hybridized carbons (Fsp3) is 0.333. The van der Waals surface area contributed by atoms with Crippen LogP contribution in [0.2, 0.25) is 0 Å². The van der Waals surface area contributed by atoms with Gasteiger partial charge in [-0.2, -0.15) is 0 Å². The molecule has 0 radical (unpaired) electrons. The van der Waals surface area contributed by atoms with Crippen molar-refractivity contribution in [1.29, 1.82) is 0 Å². The van der Waals surface area contributed by atoms with Gasteiger partial charge in [0.2, 0.25) is 0 Å². The summed E-state index contributed by atoms with van der Waals surface area (Å²) in [5.74, 6) is 1.43. The number of hydrogen-bond donors (Lipinski definition) is 1. The Morgan fingerprint density at radius 1 is 0.971 bits per heavy atom. The van der Waals surface area contributed by atoms with E-state index in [2.05, 4.69) is 26.0 Å². The SMILES string of the molecule is COc1ccc(CCN=C2CC(C)(C)CC(=O)/C2=C(/O)Cc2cccc3ccccc23)cc1OC. The van der Waals surface area contributed by atoms with Crippen molar-refractivity contribution in [2.45, 2.75) is 39.5 Å². The van der Waals surface area contributed by atoms with E-state index in [0.29, 0.717) is 55.0 Å². The van der Waals surface area contributed by atoms with E-state index in [1.54, 1.807) is 14.2 Å². The summed E-state index contributed by atoms with van der Waals surface area (Å²) in [6.07, 6.45) is 2.05. The second-order valence-electron chi connectivity index (χ2n) is 9.85. The number of benzene rings is 3. The molecule has 0 heterocycles. The smallest absolute Gasteiger partial charge is 0.168 e. The van der Waals surface area contributed by atoms with Crippen LogP contribution >= 0.6 is 0 Å². The van der Waals surface area contributed by atoms with E-state index in [9.17, 15) is 9.90 Å². The van der Waals surface area contributed by atoms with Crippen LogP contribution in [0.25, 0.3) is 10.8 Å². The molecule has 0 amide bonds. The Labute approximate surface area is 207 Å². The molecule has 1 aliphatic rings. The molecule has 5 nitrogen and oxygen atoms in total. The Kier molecular flexibility index (Phi) is 7.25. The number of aliphatic imine (C=N–C) groups is 1. The van der Waals surface area contributed by atoms with Gasteiger partial charge in [-0.05, 0) is 52.3 Å². The molecule has 0 saturated heterocycles. The van der Waals surface area contributed by atoms with Crippen LogP contribution in [0.4, 0.5) is 0 Å². The number of ether oxygens (including phenoxy) is 2. The Hall–Kier alpha value is -3.60. The summed E-state index contributed by atoms with van der Waals surface area (Å²) in [6, 6.07) is 20.0. The summed E-state index contributed by atoms with van der Waals surface area (Å²) in [5, 5.41) is 13.4. The highest BCUT2D eigenvalue weighted by molar-refractivity contribution is 6.24. The summed E-state index contributed by atoms with van der Waals surface area (Å²) >= 11 is 0. The van der Waals surface area contributed by atoms with Crippen LogP contribution in [0.5, 0.6) is 11.5 Å². The van der Waals surface area contributed by atoms with Crippen LogP contribution in [-0.2, 0) is 17.6 Å². The number of carbonyl (C=O) groups is 1.